The summed E-state index contributed by atoms with van der Waals surface area (Å²) >= 11 is 0. The average molecular weight is 224 g/mol. The van der Waals surface area contributed by atoms with Gasteiger partial charge in [0.25, 0.3) is 0 Å². The highest BCUT2D eigenvalue weighted by molar-refractivity contribution is 5.30. The third-order valence-corrected chi connectivity index (χ3v) is 3.24. The van der Waals surface area contributed by atoms with Crippen LogP contribution in [0.15, 0.2) is 12.4 Å². The SMILES string of the molecule is CC1CN(CCn2cc(N)cn2)CCC1O. The Morgan fingerprint density at radius 1 is 1.56 bits per heavy atom. The summed E-state index contributed by atoms with van der Waals surface area (Å²) in [5.41, 5.74) is 6.31. The molecule has 1 aliphatic heterocycles. The molecule has 5 nitrogen and oxygen atoms in total. The molecule has 3 N–H and O–H groups in total. The molecule has 1 saturated heterocycles. The van der Waals surface area contributed by atoms with Gasteiger partial charge in [0.05, 0.1) is 24.5 Å². The van der Waals surface area contributed by atoms with E-state index in [0.29, 0.717) is 11.6 Å². The van der Waals surface area contributed by atoms with Gasteiger partial charge in [0.2, 0.25) is 0 Å². The van der Waals surface area contributed by atoms with Crippen LogP contribution in [0.5, 0.6) is 0 Å². The summed E-state index contributed by atoms with van der Waals surface area (Å²) in [4.78, 5) is 2.37. The average Bonchev–Trinajstić information content (AvgIpc) is 2.66. The zero-order chi connectivity index (χ0) is 11.5. The summed E-state index contributed by atoms with van der Waals surface area (Å²) in [6.45, 7) is 5.88. The minimum Gasteiger partial charge on any atom is -0.396 e. The molecule has 1 aromatic rings. The highest BCUT2D eigenvalue weighted by Gasteiger charge is 2.23. The highest BCUT2D eigenvalue weighted by atomic mass is 16.3. The summed E-state index contributed by atoms with van der Waals surface area (Å²) in [7, 11) is 0. The van der Waals surface area contributed by atoms with Crippen molar-refractivity contribution >= 4 is 5.69 Å². The normalized spacial score (nSPS) is 27.1. The van der Waals surface area contributed by atoms with Crippen molar-refractivity contribution in [2.45, 2.75) is 26.0 Å². The smallest absolute Gasteiger partial charge is 0.0719 e. The van der Waals surface area contributed by atoms with Gasteiger partial charge in [-0.1, -0.05) is 6.92 Å². The lowest BCUT2D eigenvalue weighted by atomic mass is 9.97. The van der Waals surface area contributed by atoms with E-state index in [1.54, 1.807) is 6.20 Å². The lowest BCUT2D eigenvalue weighted by molar-refractivity contribution is 0.0335. The third kappa shape index (κ3) is 2.74. The third-order valence-electron chi connectivity index (χ3n) is 3.24. The zero-order valence-corrected chi connectivity index (χ0v) is 9.71. The molecule has 1 fully saturated rings. The molecule has 1 aromatic heterocycles. The van der Waals surface area contributed by atoms with Crippen molar-refractivity contribution in [1.82, 2.24) is 14.7 Å². The molecule has 1 aliphatic rings. The van der Waals surface area contributed by atoms with E-state index in [9.17, 15) is 5.11 Å². The maximum atomic E-state index is 9.62. The van der Waals surface area contributed by atoms with Crippen LogP contribution in [-0.4, -0.2) is 45.5 Å². The molecule has 0 amide bonds. The Kier molecular flexibility index (Phi) is 3.46. The van der Waals surface area contributed by atoms with E-state index in [1.807, 2.05) is 10.9 Å². The summed E-state index contributed by atoms with van der Waals surface area (Å²) in [5, 5.41) is 13.8. The Labute approximate surface area is 95.8 Å². The first kappa shape index (κ1) is 11.4. The van der Waals surface area contributed by atoms with Crippen LogP contribution in [0.25, 0.3) is 0 Å². The molecular weight excluding hydrogens is 204 g/mol. The molecule has 90 valence electrons. The molecule has 0 saturated carbocycles. The van der Waals surface area contributed by atoms with Gasteiger partial charge in [-0.2, -0.15) is 5.10 Å². The fourth-order valence-electron chi connectivity index (χ4n) is 2.17. The first-order chi connectivity index (χ1) is 7.65. The van der Waals surface area contributed by atoms with Crippen LogP contribution < -0.4 is 5.73 Å². The number of anilines is 1. The molecule has 2 unspecified atom stereocenters. The summed E-state index contributed by atoms with van der Waals surface area (Å²) < 4.78 is 1.87. The lowest BCUT2D eigenvalue weighted by Crippen LogP contribution is -2.43. The molecule has 16 heavy (non-hydrogen) atoms. The molecule has 0 spiro atoms. The van der Waals surface area contributed by atoms with E-state index in [2.05, 4.69) is 16.9 Å². The van der Waals surface area contributed by atoms with Crippen LogP contribution in [-0.2, 0) is 6.54 Å². The summed E-state index contributed by atoms with van der Waals surface area (Å²) in [5.74, 6) is 0.372. The molecule has 2 rings (SSSR count). The van der Waals surface area contributed by atoms with Crippen LogP contribution >= 0.6 is 0 Å². The number of aliphatic hydroxyl groups excluding tert-OH is 1. The van der Waals surface area contributed by atoms with Crippen LogP contribution in [0.3, 0.4) is 0 Å². The molecular formula is C11H20N4O. The zero-order valence-electron chi connectivity index (χ0n) is 9.71. The van der Waals surface area contributed by atoms with Crippen LogP contribution in [0, 0.1) is 5.92 Å². The van der Waals surface area contributed by atoms with Crippen LogP contribution in [0.1, 0.15) is 13.3 Å². The van der Waals surface area contributed by atoms with Crippen molar-refractivity contribution in [1.29, 1.82) is 0 Å². The number of nitrogens with two attached hydrogens (primary N) is 1. The number of hydrogen-bond acceptors (Lipinski definition) is 4. The Morgan fingerprint density at radius 3 is 3.00 bits per heavy atom. The number of nitrogen functional groups attached to an aromatic ring is 1. The van der Waals surface area contributed by atoms with Gasteiger partial charge in [-0.3, -0.25) is 4.68 Å². The number of piperidine rings is 1. The second kappa shape index (κ2) is 4.84. The number of rotatable bonds is 3. The van der Waals surface area contributed by atoms with Gasteiger partial charge < -0.3 is 15.7 Å². The Morgan fingerprint density at radius 2 is 2.38 bits per heavy atom. The van der Waals surface area contributed by atoms with Gasteiger partial charge in [-0.05, 0) is 12.3 Å². The van der Waals surface area contributed by atoms with Gasteiger partial charge in [0, 0.05) is 25.8 Å². The van der Waals surface area contributed by atoms with E-state index < -0.39 is 0 Å². The largest absolute Gasteiger partial charge is 0.396 e. The number of hydrogen-bond donors (Lipinski definition) is 2. The first-order valence-corrected chi connectivity index (χ1v) is 5.83. The fraction of sp³-hybridized carbons (Fsp3) is 0.727. The molecule has 2 heterocycles. The van der Waals surface area contributed by atoms with Gasteiger partial charge >= 0.3 is 0 Å². The first-order valence-electron chi connectivity index (χ1n) is 5.83. The van der Waals surface area contributed by atoms with Crippen molar-refractivity contribution in [2.75, 3.05) is 25.4 Å². The van der Waals surface area contributed by atoms with Gasteiger partial charge in [-0.15, -0.1) is 0 Å². The van der Waals surface area contributed by atoms with Crippen LogP contribution in [0.4, 0.5) is 5.69 Å². The van der Waals surface area contributed by atoms with E-state index >= 15 is 0 Å². The van der Waals surface area contributed by atoms with E-state index in [-0.39, 0.29) is 6.10 Å². The van der Waals surface area contributed by atoms with E-state index in [0.717, 1.165) is 32.6 Å². The Bertz CT molecular complexity index is 338. The van der Waals surface area contributed by atoms with Crippen molar-refractivity contribution in [3.05, 3.63) is 12.4 Å². The predicted octanol–water partition coefficient (Wildman–Crippen LogP) is 0.168. The van der Waals surface area contributed by atoms with Crippen molar-refractivity contribution in [2.24, 2.45) is 5.92 Å². The Balaban J connectivity index is 1.78. The minimum absolute atomic E-state index is 0.128. The maximum absolute atomic E-state index is 9.62. The summed E-state index contributed by atoms with van der Waals surface area (Å²) in [6.07, 6.45) is 4.27. The minimum atomic E-state index is -0.128. The van der Waals surface area contributed by atoms with E-state index in [4.69, 9.17) is 5.73 Å². The highest BCUT2D eigenvalue weighted by Crippen LogP contribution is 2.16. The van der Waals surface area contributed by atoms with Crippen LogP contribution in [0.2, 0.25) is 0 Å². The topological polar surface area (TPSA) is 67.3 Å². The van der Waals surface area contributed by atoms with Crippen molar-refractivity contribution in [3.8, 4) is 0 Å². The van der Waals surface area contributed by atoms with E-state index in [1.165, 1.54) is 0 Å². The molecule has 0 bridgehead atoms. The molecule has 0 aliphatic carbocycles. The number of aromatic nitrogens is 2. The quantitative estimate of drug-likeness (QED) is 0.768. The molecule has 0 radical (unpaired) electrons. The lowest BCUT2D eigenvalue weighted by Gasteiger charge is -2.34. The molecule has 5 heteroatoms. The maximum Gasteiger partial charge on any atom is 0.0719 e. The number of aliphatic hydroxyl groups is 1. The van der Waals surface area contributed by atoms with Gasteiger partial charge in [0.15, 0.2) is 0 Å². The number of nitrogens with zero attached hydrogens (tertiary/aromatic N) is 3. The number of likely N-dealkylation sites (tertiary alicyclic amines) is 1. The fourth-order valence-corrected chi connectivity index (χ4v) is 2.17. The molecule has 2 atom stereocenters. The second-order valence-corrected chi connectivity index (χ2v) is 4.67. The van der Waals surface area contributed by atoms with Crippen molar-refractivity contribution < 1.29 is 5.11 Å². The predicted molar refractivity (Wildman–Crippen MR) is 62.9 cm³/mol. The monoisotopic (exact) mass is 224 g/mol. The second-order valence-electron chi connectivity index (χ2n) is 4.67. The van der Waals surface area contributed by atoms with Crippen molar-refractivity contribution in [3.63, 3.8) is 0 Å². The van der Waals surface area contributed by atoms with Gasteiger partial charge in [-0.25, -0.2) is 0 Å². The summed E-state index contributed by atoms with van der Waals surface area (Å²) in [6, 6.07) is 0. The standard InChI is InChI=1S/C11H20N4O/c1-9-7-14(3-2-11(9)16)4-5-15-8-10(12)6-13-15/h6,8-9,11,16H,2-5,7,12H2,1H3. The molecule has 0 aromatic carbocycles. The Hall–Kier alpha value is -1.07. The van der Waals surface area contributed by atoms with Gasteiger partial charge in [0.1, 0.15) is 0 Å².